The highest BCUT2D eigenvalue weighted by Gasteiger charge is 2.08. The van der Waals surface area contributed by atoms with E-state index in [0.29, 0.717) is 0 Å². The lowest BCUT2D eigenvalue weighted by atomic mass is 10.1. The van der Waals surface area contributed by atoms with Crippen molar-refractivity contribution < 1.29 is 0 Å². The zero-order chi connectivity index (χ0) is 19.0. The zero-order valence-electron chi connectivity index (χ0n) is 17.3. The average Bonchev–Trinajstić information content (AvgIpc) is 2.66. The van der Waals surface area contributed by atoms with E-state index in [9.17, 15) is 0 Å². The van der Waals surface area contributed by atoms with Gasteiger partial charge >= 0.3 is 0 Å². The number of hydrogen-bond acceptors (Lipinski definition) is 2. The fraction of sp³-hybridized carbons (Fsp3) is 0.667. The molecule has 0 aromatic heterocycles. The summed E-state index contributed by atoms with van der Waals surface area (Å²) in [6.07, 6.45) is 18.2. The van der Waals surface area contributed by atoms with Crippen LogP contribution in [0.15, 0.2) is 29.7 Å². The van der Waals surface area contributed by atoms with E-state index in [1.54, 1.807) is 0 Å². The summed E-state index contributed by atoms with van der Waals surface area (Å²) >= 11 is 4.54. The molecule has 0 atom stereocenters. The van der Waals surface area contributed by atoms with Crippen LogP contribution in [0.25, 0.3) is 6.08 Å². The van der Waals surface area contributed by atoms with Gasteiger partial charge in [-0.15, -0.1) is 12.6 Å². The maximum absolute atomic E-state index is 4.54. The van der Waals surface area contributed by atoms with Crippen molar-refractivity contribution in [2.24, 2.45) is 0 Å². The van der Waals surface area contributed by atoms with Crippen molar-refractivity contribution in [2.45, 2.75) is 95.8 Å². The van der Waals surface area contributed by atoms with Crippen molar-refractivity contribution >= 4 is 24.4 Å². The molecule has 0 spiro atoms. The molecule has 0 aliphatic rings. The predicted molar refractivity (Wildman–Crippen MR) is 123 cm³/mol. The second kappa shape index (κ2) is 15.2. The van der Waals surface area contributed by atoms with Crippen LogP contribution in [0.3, 0.4) is 0 Å². The van der Waals surface area contributed by atoms with Gasteiger partial charge in [-0.2, -0.15) is 0 Å². The van der Waals surface area contributed by atoms with Crippen molar-refractivity contribution in [3.8, 4) is 0 Å². The van der Waals surface area contributed by atoms with Gasteiger partial charge in [0.05, 0.1) is 0 Å². The number of thiol groups is 1. The Morgan fingerprint density at radius 1 is 0.808 bits per heavy atom. The van der Waals surface area contributed by atoms with Gasteiger partial charge in [0.2, 0.25) is 0 Å². The Morgan fingerprint density at radius 2 is 1.31 bits per heavy atom. The molecule has 148 valence electrons. The molecule has 0 saturated heterocycles. The van der Waals surface area contributed by atoms with Crippen molar-refractivity contribution in [1.29, 1.82) is 0 Å². The Morgan fingerprint density at radius 3 is 1.81 bits per heavy atom. The number of benzene rings is 1. The van der Waals surface area contributed by atoms with E-state index < -0.39 is 0 Å². The maximum Gasteiger partial charge on any atom is 0.0372 e. The second-order valence-electron chi connectivity index (χ2n) is 7.47. The Bertz CT molecular complexity index is 467. The maximum atomic E-state index is 4.54. The van der Waals surface area contributed by atoms with Crippen LogP contribution in [-0.4, -0.2) is 13.1 Å². The first-order valence-corrected chi connectivity index (χ1v) is 11.4. The Labute approximate surface area is 168 Å². The zero-order valence-corrected chi connectivity index (χ0v) is 18.2. The van der Waals surface area contributed by atoms with Gasteiger partial charge in [-0.05, 0) is 36.6 Å². The van der Waals surface area contributed by atoms with Crippen molar-refractivity contribution in [1.82, 2.24) is 0 Å². The highest BCUT2D eigenvalue weighted by Crippen LogP contribution is 2.24. The van der Waals surface area contributed by atoms with E-state index in [1.165, 1.54) is 95.8 Å². The van der Waals surface area contributed by atoms with Crippen LogP contribution in [-0.2, 0) is 0 Å². The molecule has 0 aliphatic carbocycles. The van der Waals surface area contributed by atoms with Crippen molar-refractivity contribution in [3.63, 3.8) is 0 Å². The topological polar surface area (TPSA) is 3.24 Å². The lowest BCUT2D eigenvalue weighted by Gasteiger charge is -2.26. The van der Waals surface area contributed by atoms with E-state index in [1.807, 2.05) is 6.08 Å². The molecule has 1 aromatic rings. The summed E-state index contributed by atoms with van der Waals surface area (Å²) in [5.41, 5.74) is 2.47. The molecule has 0 N–H and O–H groups in total. The fourth-order valence-electron chi connectivity index (χ4n) is 3.44. The third-order valence-electron chi connectivity index (χ3n) is 5.16. The quantitative estimate of drug-likeness (QED) is 0.225. The predicted octanol–water partition coefficient (Wildman–Crippen LogP) is 8.15. The van der Waals surface area contributed by atoms with Gasteiger partial charge in [0.1, 0.15) is 0 Å². The smallest absolute Gasteiger partial charge is 0.0372 e. The summed E-state index contributed by atoms with van der Waals surface area (Å²) in [4.78, 5) is 3.60. The van der Waals surface area contributed by atoms with E-state index in [2.05, 4.69) is 56.2 Å². The Kier molecular flexibility index (Phi) is 13.5. The Hall–Kier alpha value is -0.890. The monoisotopic (exact) mass is 375 g/mol. The molecule has 0 radical (unpaired) electrons. The van der Waals surface area contributed by atoms with E-state index >= 15 is 0 Å². The molecule has 1 nitrogen and oxygen atoms in total. The molecular formula is C24H41NS. The standard InChI is InChI=1S/C24H41NS/c1-4-7-9-11-13-15-19-25(20-16-14-12-10-8-5-2)23-17-18-24(26)22(6-3)21-23/h6,17-18,21,26H,3-5,7-16,19-20H2,1-2H3. The highest BCUT2D eigenvalue weighted by molar-refractivity contribution is 7.80. The van der Waals surface area contributed by atoms with Crippen LogP contribution in [0, 0.1) is 0 Å². The summed E-state index contributed by atoms with van der Waals surface area (Å²) < 4.78 is 0. The van der Waals surface area contributed by atoms with Crippen LogP contribution < -0.4 is 4.90 Å². The minimum atomic E-state index is 1.02. The number of rotatable bonds is 16. The number of hydrogen-bond donors (Lipinski definition) is 1. The molecule has 0 saturated carbocycles. The molecule has 0 amide bonds. The van der Waals surface area contributed by atoms with Gasteiger partial charge in [0.25, 0.3) is 0 Å². The SMILES string of the molecule is C=Cc1cc(N(CCCCCCCC)CCCCCCCC)ccc1S. The third kappa shape index (κ3) is 9.71. The van der Waals surface area contributed by atoms with Gasteiger partial charge in [-0.1, -0.05) is 90.7 Å². The minimum absolute atomic E-state index is 1.02. The molecule has 0 heterocycles. The molecule has 0 fully saturated rings. The van der Waals surface area contributed by atoms with E-state index in [0.717, 1.165) is 10.5 Å². The summed E-state index contributed by atoms with van der Waals surface area (Å²) in [5, 5.41) is 0. The molecule has 26 heavy (non-hydrogen) atoms. The van der Waals surface area contributed by atoms with Crippen LogP contribution in [0.2, 0.25) is 0 Å². The number of anilines is 1. The second-order valence-corrected chi connectivity index (χ2v) is 7.95. The Balaban J connectivity index is 2.53. The van der Waals surface area contributed by atoms with Crippen LogP contribution in [0.5, 0.6) is 0 Å². The van der Waals surface area contributed by atoms with Crippen LogP contribution >= 0.6 is 12.6 Å². The molecule has 2 heteroatoms. The first-order chi connectivity index (χ1) is 12.7. The van der Waals surface area contributed by atoms with Crippen LogP contribution in [0.4, 0.5) is 5.69 Å². The third-order valence-corrected chi connectivity index (χ3v) is 5.57. The van der Waals surface area contributed by atoms with Gasteiger partial charge in [0, 0.05) is 23.7 Å². The molecule has 1 aromatic carbocycles. The van der Waals surface area contributed by atoms with Gasteiger partial charge < -0.3 is 4.90 Å². The fourth-order valence-corrected chi connectivity index (χ4v) is 3.67. The molecule has 0 unspecified atom stereocenters. The minimum Gasteiger partial charge on any atom is -0.372 e. The molecular weight excluding hydrogens is 334 g/mol. The first kappa shape index (κ1) is 23.1. The summed E-state index contributed by atoms with van der Waals surface area (Å²) in [7, 11) is 0. The number of nitrogens with zero attached hydrogens (tertiary/aromatic N) is 1. The summed E-state index contributed by atoms with van der Waals surface area (Å²) in [6.45, 7) is 10.8. The van der Waals surface area contributed by atoms with Crippen molar-refractivity contribution in [3.05, 3.63) is 30.3 Å². The van der Waals surface area contributed by atoms with Gasteiger partial charge in [-0.25, -0.2) is 0 Å². The lowest BCUT2D eigenvalue weighted by Crippen LogP contribution is -2.25. The lowest BCUT2D eigenvalue weighted by molar-refractivity contribution is 0.575. The van der Waals surface area contributed by atoms with Gasteiger partial charge in [0.15, 0.2) is 0 Å². The molecule has 1 rings (SSSR count). The summed E-state index contributed by atoms with van der Waals surface area (Å²) in [6, 6.07) is 6.60. The average molecular weight is 376 g/mol. The highest BCUT2D eigenvalue weighted by atomic mass is 32.1. The number of unbranched alkanes of at least 4 members (excludes halogenated alkanes) is 10. The van der Waals surface area contributed by atoms with Crippen molar-refractivity contribution in [2.75, 3.05) is 18.0 Å². The summed E-state index contributed by atoms with van der Waals surface area (Å²) in [5.74, 6) is 0. The van der Waals surface area contributed by atoms with Crippen LogP contribution in [0.1, 0.15) is 96.5 Å². The first-order valence-electron chi connectivity index (χ1n) is 10.9. The largest absolute Gasteiger partial charge is 0.372 e. The van der Waals surface area contributed by atoms with Gasteiger partial charge in [-0.3, -0.25) is 0 Å². The molecule has 0 aliphatic heterocycles. The van der Waals surface area contributed by atoms with E-state index in [4.69, 9.17) is 0 Å². The normalized spacial score (nSPS) is 10.9. The van der Waals surface area contributed by atoms with E-state index in [-0.39, 0.29) is 0 Å². The molecule has 0 bridgehead atoms.